The predicted octanol–water partition coefficient (Wildman–Crippen LogP) is 3.72. The van der Waals surface area contributed by atoms with E-state index in [0.29, 0.717) is 17.2 Å². The van der Waals surface area contributed by atoms with Gasteiger partial charge in [-0.15, -0.1) is 6.58 Å². The SMILES string of the molecule is C=CC[C@@H](Oc1cccc(Cl)c1)[C@H](C)OC(=O)[C@H](C)NC(=O)c1nccc(OC)c1OCOC(C)=O. The third-order valence-corrected chi connectivity index (χ3v) is 5.01. The summed E-state index contributed by atoms with van der Waals surface area (Å²) in [5, 5.41) is 3.03. The number of methoxy groups -OCH3 is 1. The minimum Gasteiger partial charge on any atom is -0.493 e. The van der Waals surface area contributed by atoms with Crippen molar-refractivity contribution in [3.8, 4) is 17.2 Å². The van der Waals surface area contributed by atoms with Crippen LogP contribution in [-0.4, -0.2) is 55.0 Å². The zero-order chi connectivity index (χ0) is 26.7. The van der Waals surface area contributed by atoms with Gasteiger partial charge in [-0.05, 0) is 32.0 Å². The van der Waals surface area contributed by atoms with Crippen molar-refractivity contribution in [1.29, 1.82) is 0 Å². The lowest BCUT2D eigenvalue weighted by Gasteiger charge is -2.25. The summed E-state index contributed by atoms with van der Waals surface area (Å²) in [7, 11) is 1.38. The second kappa shape index (κ2) is 13.9. The molecule has 1 N–H and O–H groups in total. The molecule has 194 valence electrons. The molecule has 0 spiro atoms. The second-order valence-electron chi connectivity index (χ2n) is 7.56. The average molecular weight is 521 g/mol. The minimum atomic E-state index is -1.04. The fourth-order valence-corrected chi connectivity index (χ4v) is 3.14. The number of carbonyl (C=O) groups excluding carboxylic acids is 3. The van der Waals surface area contributed by atoms with Crippen LogP contribution in [0.1, 0.15) is 37.7 Å². The van der Waals surface area contributed by atoms with Crippen molar-refractivity contribution in [1.82, 2.24) is 10.3 Å². The van der Waals surface area contributed by atoms with Crippen molar-refractivity contribution >= 4 is 29.4 Å². The van der Waals surface area contributed by atoms with Crippen LogP contribution in [0.2, 0.25) is 5.02 Å². The van der Waals surface area contributed by atoms with Crippen molar-refractivity contribution in [2.24, 2.45) is 0 Å². The number of hydrogen-bond acceptors (Lipinski definition) is 9. The standard InChI is InChI=1S/C25H29ClN2O8/c1-6-8-20(36-19-10-7-9-18(26)13-19)16(3)35-25(31)15(2)28-24(30)22-23(34-14-33-17(4)29)21(32-5)11-12-27-22/h6-7,9-13,15-16,20H,1,8,14H2,2-5H3,(H,28,30)/t15-,16-,20+/m0/s1. The molecule has 0 radical (unpaired) electrons. The summed E-state index contributed by atoms with van der Waals surface area (Å²) in [6.45, 7) is 7.62. The number of rotatable bonds is 13. The molecule has 0 bridgehead atoms. The number of aromatic nitrogens is 1. The van der Waals surface area contributed by atoms with E-state index in [0.717, 1.165) is 0 Å². The summed E-state index contributed by atoms with van der Waals surface area (Å²) in [5.41, 5.74) is -0.164. The van der Waals surface area contributed by atoms with Crippen molar-refractivity contribution in [3.63, 3.8) is 0 Å². The lowest BCUT2D eigenvalue weighted by molar-refractivity contribution is -0.154. The Morgan fingerprint density at radius 3 is 2.61 bits per heavy atom. The molecule has 11 heteroatoms. The van der Waals surface area contributed by atoms with E-state index in [1.807, 2.05) is 0 Å². The highest BCUT2D eigenvalue weighted by atomic mass is 35.5. The van der Waals surface area contributed by atoms with Crippen LogP contribution in [-0.2, 0) is 19.1 Å². The normalized spacial score (nSPS) is 12.9. The van der Waals surface area contributed by atoms with Crippen molar-refractivity contribution in [2.45, 2.75) is 45.4 Å². The number of benzene rings is 1. The molecule has 0 saturated heterocycles. The quantitative estimate of drug-likeness (QED) is 0.239. The van der Waals surface area contributed by atoms with Gasteiger partial charge in [-0.1, -0.05) is 23.7 Å². The smallest absolute Gasteiger partial charge is 0.328 e. The first-order valence-corrected chi connectivity index (χ1v) is 11.4. The molecule has 2 rings (SSSR count). The lowest BCUT2D eigenvalue weighted by Crippen LogP contribution is -2.43. The van der Waals surface area contributed by atoms with E-state index in [-0.39, 0.29) is 17.2 Å². The van der Waals surface area contributed by atoms with Gasteiger partial charge in [0.25, 0.3) is 5.91 Å². The van der Waals surface area contributed by atoms with E-state index in [1.54, 1.807) is 37.3 Å². The molecule has 1 amide bonds. The number of halogens is 1. The number of pyridine rings is 1. The Bertz CT molecular complexity index is 1080. The van der Waals surface area contributed by atoms with Gasteiger partial charge in [0.15, 0.2) is 17.2 Å². The molecule has 36 heavy (non-hydrogen) atoms. The first-order valence-electron chi connectivity index (χ1n) is 11.0. The third-order valence-electron chi connectivity index (χ3n) is 4.78. The van der Waals surface area contributed by atoms with E-state index in [9.17, 15) is 14.4 Å². The maximum Gasteiger partial charge on any atom is 0.328 e. The maximum atomic E-state index is 12.9. The highest BCUT2D eigenvalue weighted by Crippen LogP contribution is 2.29. The molecular formula is C25H29ClN2O8. The number of amides is 1. The number of esters is 2. The van der Waals surface area contributed by atoms with Crippen LogP contribution in [0, 0.1) is 0 Å². The molecule has 0 aliphatic carbocycles. The van der Waals surface area contributed by atoms with Gasteiger partial charge < -0.3 is 29.0 Å². The molecule has 1 aromatic heterocycles. The van der Waals surface area contributed by atoms with Crippen LogP contribution in [0.15, 0.2) is 49.2 Å². The number of nitrogens with one attached hydrogen (secondary N) is 1. The average Bonchev–Trinajstić information content (AvgIpc) is 2.83. The lowest BCUT2D eigenvalue weighted by atomic mass is 10.1. The van der Waals surface area contributed by atoms with E-state index in [2.05, 4.69) is 16.9 Å². The summed E-state index contributed by atoms with van der Waals surface area (Å²) in [6.07, 6.45) is 2.18. The molecule has 3 atom stereocenters. The zero-order valence-electron chi connectivity index (χ0n) is 20.5. The van der Waals surface area contributed by atoms with E-state index < -0.39 is 42.9 Å². The molecule has 10 nitrogen and oxygen atoms in total. The monoisotopic (exact) mass is 520 g/mol. The summed E-state index contributed by atoms with van der Waals surface area (Å²) >= 11 is 6.01. The van der Waals surface area contributed by atoms with Crippen LogP contribution in [0.3, 0.4) is 0 Å². The highest BCUT2D eigenvalue weighted by molar-refractivity contribution is 6.30. The predicted molar refractivity (Wildman–Crippen MR) is 131 cm³/mol. The van der Waals surface area contributed by atoms with Crippen molar-refractivity contribution in [3.05, 3.63) is 59.9 Å². The zero-order valence-corrected chi connectivity index (χ0v) is 21.2. The van der Waals surface area contributed by atoms with Crippen molar-refractivity contribution in [2.75, 3.05) is 13.9 Å². The molecule has 0 aliphatic rings. The topological polar surface area (TPSA) is 122 Å². The van der Waals surface area contributed by atoms with Crippen LogP contribution >= 0.6 is 11.6 Å². The molecule has 1 heterocycles. The Kier molecular flexibility index (Phi) is 11.0. The summed E-state index contributed by atoms with van der Waals surface area (Å²) in [6, 6.07) is 7.28. The number of ether oxygens (including phenoxy) is 5. The summed E-state index contributed by atoms with van der Waals surface area (Å²) in [4.78, 5) is 40.6. The fourth-order valence-electron chi connectivity index (χ4n) is 2.96. The van der Waals surface area contributed by atoms with Gasteiger partial charge in [0.1, 0.15) is 24.0 Å². The van der Waals surface area contributed by atoms with Crippen molar-refractivity contribution < 1.29 is 38.1 Å². The van der Waals surface area contributed by atoms with Gasteiger partial charge in [-0.25, -0.2) is 9.78 Å². The molecule has 0 aliphatic heterocycles. The van der Waals surface area contributed by atoms with Crippen LogP contribution < -0.4 is 19.5 Å². The second-order valence-corrected chi connectivity index (χ2v) is 8.00. The van der Waals surface area contributed by atoms with E-state index in [4.69, 9.17) is 35.3 Å². The molecule has 0 unspecified atom stereocenters. The Morgan fingerprint density at radius 2 is 1.97 bits per heavy atom. The summed E-state index contributed by atoms with van der Waals surface area (Å²) < 4.78 is 26.8. The Morgan fingerprint density at radius 1 is 1.22 bits per heavy atom. The Hall–Kier alpha value is -3.79. The first-order chi connectivity index (χ1) is 17.2. The van der Waals surface area contributed by atoms with Gasteiger partial charge in [0, 0.05) is 30.6 Å². The van der Waals surface area contributed by atoms with Gasteiger partial charge in [0.2, 0.25) is 6.79 Å². The molecule has 0 fully saturated rings. The minimum absolute atomic E-state index is 0.0475. The number of nitrogens with zero attached hydrogens (tertiary/aromatic N) is 1. The molecule has 0 saturated carbocycles. The number of carbonyl (C=O) groups is 3. The van der Waals surface area contributed by atoms with E-state index in [1.165, 1.54) is 33.2 Å². The largest absolute Gasteiger partial charge is 0.493 e. The van der Waals surface area contributed by atoms with Gasteiger partial charge in [-0.2, -0.15) is 0 Å². The molecule has 1 aromatic carbocycles. The van der Waals surface area contributed by atoms with Gasteiger partial charge in [-0.3, -0.25) is 9.59 Å². The van der Waals surface area contributed by atoms with Gasteiger partial charge in [0.05, 0.1) is 7.11 Å². The Balaban J connectivity index is 2.06. The fraction of sp³-hybridized carbons (Fsp3) is 0.360. The van der Waals surface area contributed by atoms with E-state index >= 15 is 0 Å². The first kappa shape index (κ1) is 28.4. The van der Waals surface area contributed by atoms with Gasteiger partial charge >= 0.3 is 11.9 Å². The maximum absolute atomic E-state index is 12.9. The van der Waals surface area contributed by atoms with Crippen LogP contribution in [0.4, 0.5) is 0 Å². The highest BCUT2D eigenvalue weighted by Gasteiger charge is 2.27. The molecular weight excluding hydrogens is 492 g/mol. The molecule has 2 aromatic rings. The van der Waals surface area contributed by atoms with Crippen LogP contribution in [0.25, 0.3) is 0 Å². The summed E-state index contributed by atoms with van der Waals surface area (Å²) in [5.74, 6) is -1.32. The van der Waals surface area contributed by atoms with Crippen LogP contribution in [0.5, 0.6) is 17.2 Å². The third kappa shape index (κ3) is 8.46. The Labute approximate surface area is 214 Å². The number of hydrogen-bond donors (Lipinski definition) is 1.